The lowest BCUT2D eigenvalue weighted by Gasteiger charge is -1.99. The predicted molar refractivity (Wildman–Crippen MR) is 57.9 cm³/mol. The molecule has 0 aliphatic heterocycles. The standard InChI is InChI=1S/C10H9BFN3O/c11-7-1-2-8(9(12)5-7)10-13-6-15(14-10)3-4-16/h1-2,5-6,16H,3-4H2. The number of aliphatic hydroxyl groups is 1. The minimum absolute atomic E-state index is 0.0347. The molecule has 1 aromatic carbocycles. The van der Waals surface area contributed by atoms with E-state index in [2.05, 4.69) is 10.1 Å². The fraction of sp³-hybridized carbons (Fsp3) is 0.200. The molecule has 0 saturated carbocycles. The smallest absolute Gasteiger partial charge is 0.184 e. The van der Waals surface area contributed by atoms with E-state index in [1.165, 1.54) is 23.1 Å². The van der Waals surface area contributed by atoms with Crippen molar-refractivity contribution in [3.63, 3.8) is 0 Å². The van der Waals surface area contributed by atoms with E-state index in [1.54, 1.807) is 6.07 Å². The van der Waals surface area contributed by atoms with Gasteiger partial charge in [0.1, 0.15) is 20.0 Å². The Morgan fingerprint density at radius 1 is 1.44 bits per heavy atom. The third-order valence-corrected chi connectivity index (χ3v) is 2.10. The molecule has 0 fully saturated rings. The molecule has 6 heteroatoms. The van der Waals surface area contributed by atoms with Gasteiger partial charge in [0, 0.05) is 0 Å². The number of aliphatic hydroxyl groups excluding tert-OH is 1. The highest BCUT2D eigenvalue weighted by Gasteiger charge is 2.09. The van der Waals surface area contributed by atoms with Crippen LogP contribution < -0.4 is 5.46 Å². The second kappa shape index (κ2) is 4.44. The summed E-state index contributed by atoms with van der Waals surface area (Å²) in [6, 6.07) is 4.34. The lowest BCUT2D eigenvalue weighted by Crippen LogP contribution is -2.04. The molecule has 2 aromatic rings. The van der Waals surface area contributed by atoms with E-state index in [-0.39, 0.29) is 12.4 Å². The Bertz CT molecular complexity index is 501. The molecule has 0 saturated heterocycles. The van der Waals surface area contributed by atoms with Crippen LogP contribution in [0, 0.1) is 5.82 Å². The third kappa shape index (κ3) is 2.11. The van der Waals surface area contributed by atoms with Gasteiger partial charge in [-0.2, -0.15) is 5.10 Å². The maximum absolute atomic E-state index is 13.5. The van der Waals surface area contributed by atoms with Gasteiger partial charge in [0.2, 0.25) is 0 Å². The van der Waals surface area contributed by atoms with Crippen LogP contribution in [0.1, 0.15) is 0 Å². The van der Waals surface area contributed by atoms with E-state index in [4.69, 9.17) is 13.0 Å². The topological polar surface area (TPSA) is 50.9 Å². The number of hydrogen-bond donors (Lipinski definition) is 1. The summed E-state index contributed by atoms with van der Waals surface area (Å²) in [4.78, 5) is 3.96. The molecule has 0 amide bonds. The van der Waals surface area contributed by atoms with Gasteiger partial charge < -0.3 is 5.11 Å². The van der Waals surface area contributed by atoms with Crippen LogP contribution in [-0.2, 0) is 6.54 Å². The van der Waals surface area contributed by atoms with Crippen molar-refractivity contribution in [3.05, 3.63) is 30.3 Å². The minimum Gasteiger partial charge on any atom is -0.394 e. The van der Waals surface area contributed by atoms with Crippen LogP contribution in [0.25, 0.3) is 11.4 Å². The van der Waals surface area contributed by atoms with Crippen molar-refractivity contribution in [1.82, 2.24) is 14.8 Å². The summed E-state index contributed by atoms with van der Waals surface area (Å²) >= 11 is 0. The molecule has 0 atom stereocenters. The lowest BCUT2D eigenvalue weighted by molar-refractivity contribution is 0.269. The molecule has 0 aliphatic rings. The zero-order valence-electron chi connectivity index (χ0n) is 8.47. The molecule has 0 aliphatic carbocycles. The number of rotatable bonds is 3. The molecule has 2 rings (SSSR count). The first-order valence-corrected chi connectivity index (χ1v) is 4.76. The van der Waals surface area contributed by atoms with Gasteiger partial charge in [0.25, 0.3) is 0 Å². The van der Waals surface area contributed by atoms with E-state index in [0.717, 1.165) is 0 Å². The van der Waals surface area contributed by atoms with Gasteiger partial charge in [-0.25, -0.2) is 9.37 Å². The molecule has 16 heavy (non-hydrogen) atoms. The monoisotopic (exact) mass is 217 g/mol. The molecule has 0 bridgehead atoms. The minimum atomic E-state index is -0.457. The zero-order valence-corrected chi connectivity index (χ0v) is 8.47. The second-order valence-electron chi connectivity index (χ2n) is 3.29. The Balaban J connectivity index is 2.35. The van der Waals surface area contributed by atoms with E-state index < -0.39 is 5.82 Å². The van der Waals surface area contributed by atoms with Gasteiger partial charge >= 0.3 is 0 Å². The van der Waals surface area contributed by atoms with Crippen LogP contribution >= 0.6 is 0 Å². The maximum Gasteiger partial charge on any atom is 0.184 e. The van der Waals surface area contributed by atoms with Gasteiger partial charge in [-0.1, -0.05) is 11.5 Å². The first kappa shape index (κ1) is 10.8. The van der Waals surface area contributed by atoms with Crippen molar-refractivity contribution in [1.29, 1.82) is 0 Å². The van der Waals surface area contributed by atoms with Crippen molar-refractivity contribution in [2.75, 3.05) is 6.61 Å². The van der Waals surface area contributed by atoms with Crippen LogP contribution in [0.2, 0.25) is 0 Å². The summed E-state index contributed by atoms with van der Waals surface area (Å²) in [6.07, 6.45) is 1.45. The van der Waals surface area contributed by atoms with Crippen LogP contribution in [0.5, 0.6) is 0 Å². The van der Waals surface area contributed by atoms with Crippen LogP contribution in [-0.4, -0.2) is 34.3 Å². The number of benzene rings is 1. The molecule has 4 nitrogen and oxygen atoms in total. The maximum atomic E-state index is 13.5. The Morgan fingerprint density at radius 3 is 2.94 bits per heavy atom. The predicted octanol–water partition coefficient (Wildman–Crippen LogP) is -0.130. The number of nitrogens with zero attached hydrogens (tertiary/aromatic N) is 3. The highest BCUT2D eigenvalue weighted by molar-refractivity contribution is 6.32. The number of hydrogen-bond acceptors (Lipinski definition) is 3. The van der Waals surface area contributed by atoms with Crippen molar-refractivity contribution in [2.45, 2.75) is 6.54 Å². The van der Waals surface area contributed by atoms with Crippen LogP contribution in [0.3, 0.4) is 0 Å². The largest absolute Gasteiger partial charge is 0.394 e. The van der Waals surface area contributed by atoms with Gasteiger partial charge in [-0.3, -0.25) is 4.68 Å². The molecule has 0 unspecified atom stereocenters. The van der Waals surface area contributed by atoms with Crippen molar-refractivity contribution >= 4 is 13.3 Å². The quantitative estimate of drug-likeness (QED) is 0.728. The second-order valence-corrected chi connectivity index (χ2v) is 3.29. The fourth-order valence-electron chi connectivity index (χ4n) is 1.34. The number of halogens is 1. The Morgan fingerprint density at radius 2 is 2.25 bits per heavy atom. The SMILES string of the molecule is [B]c1ccc(-c2ncn(CCO)n2)c(F)c1. The van der Waals surface area contributed by atoms with E-state index in [1.807, 2.05) is 0 Å². The van der Waals surface area contributed by atoms with Crippen molar-refractivity contribution in [3.8, 4) is 11.4 Å². The summed E-state index contributed by atoms with van der Waals surface area (Å²) in [6.45, 7) is 0.302. The Hall–Kier alpha value is -1.69. The van der Waals surface area contributed by atoms with Gasteiger partial charge in [-0.15, -0.1) is 0 Å². The van der Waals surface area contributed by atoms with E-state index in [9.17, 15) is 4.39 Å². The molecule has 0 spiro atoms. The first-order valence-electron chi connectivity index (χ1n) is 4.76. The Labute approximate surface area is 93.2 Å². The lowest BCUT2D eigenvalue weighted by atomic mass is 9.95. The molecule has 1 N–H and O–H groups in total. The van der Waals surface area contributed by atoms with Crippen LogP contribution in [0.15, 0.2) is 24.5 Å². The normalized spacial score (nSPS) is 10.6. The third-order valence-electron chi connectivity index (χ3n) is 2.10. The molecule has 1 aromatic heterocycles. The summed E-state index contributed by atoms with van der Waals surface area (Å²) in [5.41, 5.74) is 0.655. The Kier molecular flexibility index (Phi) is 3.01. The first-order chi connectivity index (χ1) is 7.70. The fourth-order valence-corrected chi connectivity index (χ4v) is 1.34. The van der Waals surface area contributed by atoms with Gasteiger partial charge in [-0.05, 0) is 12.1 Å². The molecule has 80 valence electrons. The molecule has 2 radical (unpaired) electrons. The highest BCUT2D eigenvalue weighted by Crippen LogP contribution is 2.16. The van der Waals surface area contributed by atoms with Crippen molar-refractivity contribution in [2.24, 2.45) is 0 Å². The van der Waals surface area contributed by atoms with E-state index >= 15 is 0 Å². The van der Waals surface area contributed by atoms with Gasteiger partial charge in [0.05, 0.1) is 18.7 Å². The highest BCUT2D eigenvalue weighted by atomic mass is 19.1. The van der Waals surface area contributed by atoms with Gasteiger partial charge in [0.15, 0.2) is 5.82 Å². The number of aromatic nitrogens is 3. The summed E-state index contributed by atoms with van der Waals surface area (Å²) in [5.74, 6) is -0.173. The van der Waals surface area contributed by atoms with Crippen molar-refractivity contribution < 1.29 is 9.50 Å². The average Bonchev–Trinajstić information content (AvgIpc) is 2.67. The zero-order chi connectivity index (χ0) is 11.5. The van der Waals surface area contributed by atoms with E-state index in [0.29, 0.717) is 17.6 Å². The summed E-state index contributed by atoms with van der Waals surface area (Å²) in [5, 5.41) is 12.7. The molecular formula is C10H9BFN3O. The molecular weight excluding hydrogens is 208 g/mol. The summed E-state index contributed by atoms with van der Waals surface area (Å²) in [7, 11) is 5.44. The molecule has 1 heterocycles. The van der Waals surface area contributed by atoms with Crippen LogP contribution in [0.4, 0.5) is 4.39 Å². The summed E-state index contributed by atoms with van der Waals surface area (Å²) < 4.78 is 15.0. The average molecular weight is 217 g/mol.